The third-order valence-electron chi connectivity index (χ3n) is 5.13. The number of aromatic amines is 1. The van der Waals surface area contributed by atoms with Crippen LogP contribution in [-0.4, -0.2) is 16.7 Å². The molecule has 4 heteroatoms. The van der Waals surface area contributed by atoms with Crippen LogP contribution in [0.2, 0.25) is 5.02 Å². The van der Waals surface area contributed by atoms with Crippen molar-refractivity contribution in [3.63, 3.8) is 0 Å². The van der Waals surface area contributed by atoms with Crippen LogP contribution >= 0.6 is 11.6 Å². The second-order valence-electron chi connectivity index (χ2n) is 6.38. The Labute approximate surface area is 138 Å². The number of aliphatic hydroxyl groups is 1. The lowest BCUT2D eigenvalue weighted by atomic mass is 9.65. The molecule has 0 atom stereocenters. The van der Waals surface area contributed by atoms with Crippen molar-refractivity contribution >= 4 is 22.5 Å². The molecule has 0 aliphatic heterocycles. The normalized spacial score (nSPS) is 16.5. The number of rotatable bonds is 3. The number of aromatic nitrogens is 1. The van der Waals surface area contributed by atoms with Crippen LogP contribution in [0.4, 0.5) is 4.39 Å². The maximum Gasteiger partial charge on any atom is 0.131 e. The summed E-state index contributed by atoms with van der Waals surface area (Å²) < 4.78 is 14.7. The molecule has 2 nitrogen and oxygen atoms in total. The molecule has 1 aliphatic carbocycles. The van der Waals surface area contributed by atoms with Crippen molar-refractivity contribution in [1.82, 2.24) is 4.98 Å². The average molecular weight is 330 g/mol. The van der Waals surface area contributed by atoms with Gasteiger partial charge in [-0.15, -0.1) is 0 Å². The molecule has 0 bridgehead atoms. The molecule has 118 valence electrons. The molecule has 1 aromatic heterocycles. The van der Waals surface area contributed by atoms with Gasteiger partial charge in [-0.3, -0.25) is 0 Å². The summed E-state index contributed by atoms with van der Waals surface area (Å²) >= 11 is 6.34. The Morgan fingerprint density at radius 2 is 1.96 bits per heavy atom. The van der Waals surface area contributed by atoms with Crippen LogP contribution in [-0.2, 0) is 5.41 Å². The van der Waals surface area contributed by atoms with Gasteiger partial charge in [-0.25, -0.2) is 4.39 Å². The topological polar surface area (TPSA) is 36.0 Å². The Bertz CT molecular complexity index is 877. The van der Waals surface area contributed by atoms with Gasteiger partial charge in [0.25, 0.3) is 0 Å². The zero-order valence-electron chi connectivity index (χ0n) is 12.6. The molecule has 0 unspecified atom stereocenters. The first-order chi connectivity index (χ1) is 11.1. The summed E-state index contributed by atoms with van der Waals surface area (Å²) in [5.41, 5.74) is 2.74. The predicted molar refractivity (Wildman–Crippen MR) is 91.3 cm³/mol. The zero-order valence-corrected chi connectivity index (χ0v) is 13.3. The molecule has 0 amide bonds. The maximum absolute atomic E-state index is 14.7. The van der Waals surface area contributed by atoms with Crippen LogP contribution in [0.15, 0.2) is 42.6 Å². The largest absolute Gasteiger partial charge is 0.395 e. The fraction of sp³-hybridized carbons (Fsp3) is 0.263. The fourth-order valence-electron chi connectivity index (χ4n) is 3.49. The number of hydrogen-bond donors (Lipinski definition) is 2. The SMILES string of the molecule is OCC1(c2ccc(-c3cc4cc[nH]c4cc3Cl)c(F)c2)CCC1. The van der Waals surface area contributed by atoms with Gasteiger partial charge in [0.05, 0.1) is 11.6 Å². The molecule has 1 heterocycles. The quantitative estimate of drug-likeness (QED) is 0.693. The number of hydrogen-bond acceptors (Lipinski definition) is 1. The van der Waals surface area contributed by atoms with Crippen molar-refractivity contribution in [3.05, 3.63) is 59.0 Å². The van der Waals surface area contributed by atoms with E-state index in [1.807, 2.05) is 30.5 Å². The van der Waals surface area contributed by atoms with E-state index in [2.05, 4.69) is 4.98 Å². The van der Waals surface area contributed by atoms with Crippen LogP contribution in [0.5, 0.6) is 0 Å². The van der Waals surface area contributed by atoms with Crippen LogP contribution in [0, 0.1) is 5.82 Å². The van der Waals surface area contributed by atoms with Gasteiger partial charge in [0.1, 0.15) is 5.82 Å². The standard InChI is InChI=1S/C19H17ClFNO/c20-16-10-18-12(4-7-22-18)8-15(16)14-3-2-13(9-17(14)21)19(11-23)5-1-6-19/h2-4,7-10,22-23H,1,5-6,11H2. The highest BCUT2D eigenvalue weighted by Gasteiger charge is 2.38. The van der Waals surface area contributed by atoms with E-state index in [9.17, 15) is 9.50 Å². The molecule has 23 heavy (non-hydrogen) atoms. The molecular weight excluding hydrogens is 313 g/mol. The number of H-pyrrole nitrogens is 1. The Hall–Kier alpha value is -1.84. The van der Waals surface area contributed by atoms with Crippen molar-refractivity contribution < 1.29 is 9.50 Å². The summed E-state index contributed by atoms with van der Waals surface area (Å²) in [6.45, 7) is 0.0713. The van der Waals surface area contributed by atoms with Gasteiger partial charge in [0, 0.05) is 33.6 Å². The predicted octanol–water partition coefficient (Wildman–Crippen LogP) is 5.04. The lowest BCUT2D eigenvalue weighted by Crippen LogP contribution is -2.37. The minimum Gasteiger partial charge on any atom is -0.395 e. The molecule has 1 fully saturated rings. The molecule has 4 rings (SSSR count). The molecule has 2 aromatic carbocycles. The molecule has 0 radical (unpaired) electrons. The van der Waals surface area contributed by atoms with E-state index in [1.54, 1.807) is 12.1 Å². The molecular formula is C19H17ClFNO. The molecule has 1 aliphatic rings. The van der Waals surface area contributed by atoms with E-state index in [-0.39, 0.29) is 17.8 Å². The van der Waals surface area contributed by atoms with E-state index in [4.69, 9.17) is 11.6 Å². The minimum atomic E-state index is -0.293. The summed E-state index contributed by atoms with van der Waals surface area (Å²) in [5, 5.41) is 11.2. The van der Waals surface area contributed by atoms with E-state index in [0.717, 1.165) is 35.7 Å². The lowest BCUT2D eigenvalue weighted by molar-refractivity contribution is 0.120. The second kappa shape index (κ2) is 5.36. The van der Waals surface area contributed by atoms with Gasteiger partial charge >= 0.3 is 0 Å². The Morgan fingerprint density at radius 1 is 1.13 bits per heavy atom. The number of aliphatic hydroxyl groups excluding tert-OH is 1. The highest BCUT2D eigenvalue weighted by molar-refractivity contribution is 6.34. The van der Waals surface area contributed by atoms with Crippen molar-refractivity contribution in [2.45, 2.75) is 24.7 Å². The fourth-order valence-corrected chi connectivity index (χ4v) is 3.75. The van der Waals surface area contributed by atoms with Crippen molar-refractivity contribution in [2.24, 2.45) is 0 Å². The molecule has 1 saturated carbocycles. The van der Waals surface area contributed by atoms with Crippen molar-refractivity contribution in [2.75, 3.05) is 6.61 Å². The third kappa shape index (κ3) is 2.27. The first-order valence-electron chi connectivity index (χ1n) is 7.81. The molecule has 0 saturated heterocycles. The molecule has 3 aromatic rings. The van der Waals surface area contributed by atoms with Crippen molar-refractivity contribution in [1.29, 1.82) is 0 Å². The van der Waals surface area contributed by atoms with E-state index < -0.39 is 0 Å². The summed E-state index contributed by atoms with van der Waals surface area (Å²) in [7, 11) is 0. The van der Waals surface area contributed by atoms with Crippen LogP contribution in [0.1, 0.15) is 24.8 Å². The third-order valence-corrected chi connectivity index (χ3v) is 5.44. The van der Waals surface area contributed by atoms with Gasteiger partial charge in [-0.1, -0.05) is 30.2 Å². The summed E-state index contributed by atoms with van der Waals surface area (Å²) in [5.74, 6) is -0.293. The number of halogens is 2. The monoisotopic (exact) mass is 329 g/mol. The van der Waals surface area contributed by atoms with Crippen LogP contribution < -0.4 is 0 Å². The van der Waals surface area contributed by atoms with Gasteiger partial charge in [0.2, 0.25) is 0 Å². The minimum absolute atomic E-state index is 0.0713. The highest BCUT2D eigenvalue weighted by atomic mass is 35.5. The first-order valence-corrected chi connectivity index (χ1v) is 8.19. The zero-order chi connectivity index (χ0) is 16.0. The second-order valence-corrected chi connectivity index (χ2v) is 6.79. The van der Waals surface area contributed by atoms with Gasteiger partial charge in [-0.2, -0.15) is 0 Å². The Kier molecular flexibility index (Phi) is 3.43. The summed E-state index contributed by atoms with van der Waals surface area (Å²) in [6.07, 6.45) is 4.75. The molecule has 0 spiro atoms. The van der Waals surface area contributed by atoms with Crippen LogP contribution in [0.25, 0.3) is 22.0 Å². The smallest absolute Gasteiger partial charge is 0.131 e. The first kappa shape index (κ1) is 14.7. The lowest BCUT2D eigenvalue weighted by Gasteiger charge is -2.41. The van der Waals surface area contributed by atoms with Gasteiger partial charge in [-0.05, 0) is 42.7 Å². The van der Waals surface area contributed by atoms with Crippen molar-refractivity contribution in [3.8, 4) is 11.1 Å². The van der Waals surface area contributed by atoms with Gasteiger partial charge < -0.3 is 10.1 Å². The van der Waals surface area contributed by atoms with E-state index >= 15 is 0 Å². The number of benzene rings is 2. The highest BCUT2D eigenvalue weighted by Crippen LogP contribution is 2.44. The van der Waals surface area contributed by atoms with E-state index in [0.29, 0.717) is 16.1 Å². The van der Waals surface area contributed by atoms with Crippen LogP contribution in [0.3, 0.4) is 0 Å². The maximum atomic E-state index is 14.7. The van der Waals surface area contributed by atoms with Gasteiger partial charge in [0.15, 0.2) is 0 Å². The summed E-state index contributed by atoms with van der Waals surface area (Å²) in [4.78, 5) is 3.10. The Morgan fingerprint density at radius 3 is 2.61 bits per heavy atom. The van der Waals surface area contributed by atoms with E-state index in [1.165, 1.54) is 0 Å². The number of nitrogens with one attached hydrogen (secondary N) is 1. The summed E-state index contributed by atoms with van der Waals surface area (Å²) in [6, 6.07) is 10.9. The average Bonchev–Trinajstić information content (AvgIpc) is 2.93. The molecule has 2 N–H and O–H groups in total. The Balaban J connectivity index is 1.80. The number of fused-ring (bicyclic) bond motifs is 1.